The fourth-order valence-electron chi connectivity index (χ4n) is 3.11. The van der Waals surface area contributed by atoms with E-state index in [0.29, 0.717) is 10.8 Å². The molecule has 3 N–H and O–H groups in total. The van der Waals surface area contributed by atoms with Crippen LogP contribution < -0.4 is 15.8 Å². The number of halogens is 1. The molecule has 0 bridgehead atoms. The van der Waals surface area contributed by atoms with Crippen molar-refractivity contribution in [1.82, 2.24) is 5.32 Å². The monoisotopic (exact) mass is 344 g/mol. The first-order valence-corrected chi connectivity index (χ1v) is 8.48. The Kier molecular flexibility index (Phi) is 4.95. The zero-order valence-electron chi connectivity index (χ0n) is 13.6. The van der Waals surface area contributed by atoms with Crippen molar-refractivity contribution in [2.75, 3.05) is 12.3 Å². The van der Waals surface area contributed by atoms with E-state index in [1.807, 2.05) is 37.3 Å². The van der Waals surface area contributed by atoms with Crippen LogP contribution in [0.2, 0.25) is 5.02 Å². The molecule has 1 aliphatic carbocycles. The summed E-state index contributed by atoms with van der Waals surface area (Å²) in [5.74, 6) is 0.499. The van der Waals surface area contributed by atoms with Gasteiger partial charge in [0.2, 0.25) is 0 Å². The average Bonchev–Trinajstić information content (AvgIpc) is 2.56. The quantitative estimate of drug-likeness (QED) is 0.829. The molecule has 24 heavy (non-hydrogen) atoms. The maximum Gasteiger partial charge on any atom is 0.258 e. The number of anilines is 1. The summed E-state index contributed by atoms with van der Waals surface area (Å²) in [4.78, 5) is 12.3. The molecule has 0 radical (unpaired) electrons. The molecular weight excluding hydrogens is 324 g/mol. The van der Waals surface area contributed by atoms with Gasteiger partial charge in [0.05, 0.1) is 6.04 Å². The fraction of sp³-hybridized carbons (Fsp3) is 0.316. The summed E-state index contributed by atoms with van der Waals surface area (Å²) in [6.45, 7) is 1.85. The smallest absolute Gasteiger partial charge is 0.258 e. The van der Waals surface area contributed by atoms with E-state index in [1.165, 1.54) is 5.56 Å². The van der Waals surface area contributed by atoms with Gasteiger partial charge in [0.25, 0.3) is 5.91 Å². The first-order chi connectivity index (χ1) is 11.5. The zero-order valence-corrected chi connectivity index (χ0v) is 14.4. The predicted octanol–water partition coefficient (Wildman–Crippen LogP) is 3.80. The Balaban J connectivity index is 1.63. The molecular formula is C19H21ClN2O2. The van der Waals surface area contributed by atoms with Gasteiger partial charge < -0.3 is 15.8 Å². The minimum absolute atomic E-state index is 0.0194. The second-order valence-corrected chi connectivity index (χ2v) is 6.53. The summed E-state index contributed by atoms with van der Waals surface area (Å²) in [7, 11) is 0. The second-order valence-electron chi connectivity index (χ2n) is 6.12. The summed E-state index contributed by atoms with van der Waals surface area (Å²) >= 11 is 6.06. The number of hydrogen-bond donors (Lipinski definition) is 2. The van der Waals surface area contributed by atoms with Crippen LogP contribution in [0.25, 0.3) is 0 Å². The highest BCUT2D eigenvalue weighted by Gasteiger charge is 2.22. The van der Waals surface area contributed by atoms with Crippen LogP contribution >= 0.6 is 11.6 Å². The topological polar surface area (TPSA) is 64.3 Å². The molecule has 1 amide bonds. The number of amides is 1. The molecule has 0 fully saturated rings. The lowest BCUT2D eigenvalue weighted by molar-refractivity contribution is -0.124. The number of aryl methyl sites for hydroxylation is 1. The van der Waals surface area contributed by atoms with Gasteiger partial charge in [0.15, 0.2) is 6.61 Å². The Hall–Kier alpha value is -2.20. The first kappa shape index (κ1) is 16.7. The Morgan fingerprint density at radius 2 is 2.21 bits per heavy atom. The van der Waals surface area contributed by atoms with Crippen LogP contribution in [-0.2, 0) is 11.2 Å². The largest absolute Gasteiger partial charge is 0.483 e. The number of nitrogens with one attached hydrogen (secondary N) is 1. The molecule has 5 heteroatoms. The van der Waals surface area contributed by atoms with E-state index >= 15 is 0 Å². The Bertz CT molecular complexity index is 761. The van der Waals surface area contributed by atoms with Crippen LogP contribution in [-0.4, -0.2) is 12.5 Å². The highest BCUT2D eigenvalue weighted by molar-refractivity contribution is 6.31. The highest BCUT2D eigenvalue weighted by atomic mass is 35.5. The lowest BCUT2D eigenvalue weighted by Crippen LogP contribution is -2.34. The van der Waals surface area contributed by atoms with Crippen molar-refractivity contribution >= 4 is 23.2 Å². The van der Waals surface area contributed by atoms with Gasteiger partial charge in [-0.2, -0.15) is 0 Å². The molecule has 126 valence electrons. The number of nitrogen functional groups attached to an aromatic ring is 1. The standard InChI is InChI=1S/C19H21ClN2O2/c1-12-16(20)5-3-7-18(12)24-11-19(23)22-17-6-2-4-13-10-14(21)8-9-15(13)17/h3,5,7-10,17H,2,4,6,11,21H2,1H3,(H,22,23). The average molecular weight is 345 g/mol. The summed E-state index contributed by atoms with van der Waals surface area (Å²) in [5.41, 5.74) is 9.83. The number of fused-ring (bicyclic) bond motifs is 1. The molecule has 0 aliphatic heterocycles. The van der Waals surface area contributed by atoms with Crippen LogP contribution in [0.3, 0.4) is 0 Å². The van der Waals surface area contributed by atoms with Crippen molar-refractivity contribution in [3.05, 3.63) is 58.1 Å². The molecule has 2 aromatic carbocycles. The van der Waals surface area contributed by atoms with Gasteiger partial charge in [-0.05, 0) is 61.6 Å². The normalized spacial score (nSPS) is 16.3. The number of nitrogens with two attached hydrogens (primary N) is 1. The van der Waals surface area contributed by atoms with Crippen molar-refractivity contribution in [2.45, 2.75) is 32.2 Å². The molecule has 3 rings (SSSR count). The van der Waals surface area contributed by atoms with Gasteiger partial charge in [-0.3, -0.25) is 4.79 Å². The van der Waals surface area contributed by atoms with Gasteiger partial charge in [-0.25, -0.2) is 0 Å². The van der Waals surface area contributed by atoms with E-state index in [0.717, 1.165) is 36.1 Å². The summed E-state index contributed by atoms with van der Waals surface area (Å²) < 4.78 is 5.61. The molecule has 0 saturated heterocycles. The maximum atomic E-state index is 12.3. The van der Waals surface area contributed by atoms with Crippen molar-refractivity contribution < 1.29 is 9.53 Å². The van der Waals surface area contributed by atoms with Crippen molar-refractivity contribution in [3.8, 4) is 5.75 Å². The Morgan fingerprint density at radius 3 is 3.04 bits per heavy atom. The summed E-state index contributed by atoms with van der Waals surface area (Å²) in [6.07, 6.45) is 2.97. The van der Waals surface area contributed by atoms with Gasteiger partial charge >= 0.3 is 0 Å². The van der Waals surface area contributed by atoms with Crippen LogP contribution in [0.5, 0.6) is 5.75 Å². The lowest BCUT2D eigenvalue weighted by atomic mass is 9.87. The minimum atomic E-state index is -0.135. The van der Waals surface area contributed by atoms with Gasteiger partial charge in [-0.15, -0.1) is 0 Å². The van der Waals surface area contributed by atoms with Crippen molar-refractivity contribution in [2.24, 2.45) is 0 Å². The van der Waals surface area contributed by atoms with E-state index in [2.05, 4.69) is 5.32 Å². The summed E-state index contributed by atoms with van der Waals surface area (Å²) in [5, 5.41) is 3.69. The SMILES string of the molecule is Cc1c(Cl)cccc1OCC(=O)NC1CCCc2cc(N)ccc21. The van der Waals surface area contributed by atoms with E-state index < -0.39 is 0 Å². The van der Waals surface area contributed by atoms with Crippen LogP contribution in [0, 0.1) is 6.92 Å². The Labute approximate surface area is 147 Å². The number of carbonyl (C=O) groups is 1. The van der Waals surface area contributed by atoms with Crippen LogP contribution in [0.15, 0.2) is 36.4 Å². The number of ether oxygens (including phenoxy) is 1. The third-order valence-corrected chi connectivity index (χ3v) is 4.80. The molecule has 1 aliphatic rings. The first-order valence-electron chi connectivity index (χ1n) is 8.10. The van der Waals surface area contributed by atoms with Gasteiger partial charge in [0.1, 0.15) is 5.75 Å². The zero-order chi connectivity index (χ0) is 17.1. The number of benzene rings is 2. The van der Waals surface area contributed by atoms with E-state index in [1.54, 1.807) is 6.07 Å². The third-order valence-electron chi connectivity index (χ3n) is 4.39. The Morgan fingerprint density at radius 1 is 1.38 bits per heavy atom. The minimum Gasteiger partial charge on any atom is -0.483 e. The molecule has 1 unspecified atom stereocenters. The molecule has 1 atom stereocenters. The van der Waals surface area contributed by atoms with Gasteiger partial charge in [-0.1, -0.05) is 23.7 Å². The third kappa shape index (κ3) is 3.65. The van der Waals surface area contributed by atoms with Crippen molar-refractivity contribution in [1.29, 1.82) is 0 Å². The highest BCUT2D eigenvalue weighted by Crippen LogP contribution is 2.31. The van der Waals surface area contributed by atoms with Crippen molar-refractivity contribution in [3.63, 3.8) is 0 Å². The second kappa shape index (κ2) is 7.14. The fourth-order valence-corrected chi connectivity index (χ4v) is 3.27. The maximum absolute atomic E-state index is 12.3. The van der Waals surface area contributed by atoms with E-state index in [9.17, 15) is 4.79 Å². The van der Waals surface area contributed by atoms with E-state index in [4.69, 9.17) is 22.1 Å². The van der Waals surface area contributed by atoms with Gasteiger partial charge in [0, 0.05) is 16.3 Å². The number of carbonyl (C=O) groups excluding carboxylic acids is 1. The lowest BCUT2D eigenvalue weighted by Gasteiger charge is -2.26. The molecule has 0 aromatic heterocycles. The number of hydrogen-bond acceptors (Lipinski definition) is 3. The summed E-state index contributed by atoms with van der Waals surface area (Å²) in [6, 6.07) is 11.3. The molecule has 4 nitrogen and oxygen atoms in total. The van der Waals surface area contributed by atoms with E-state index in [-0.39, 0.29) is 18.6 Å². The molecule has 0 spiro atoms. The van der Waals surface area contributed by atoms with Crippen LogP contribution in [0.4, 0.5) is 5.69 Å². The molecule has 0 saturated carbocycles. The molecule has 0 heterocycles. The van der Waals surface area contributed by atoms with Crippen LogP contribution in [0.1, 0.15) is 35.6 Å². The number of rotatable bonds is 4. The predicted molar refractivity (Wildman–Crippen MR) is 96.4 cm³/mol. The molecule has 2 aromatic rings.